The first-order valence-corrected chi connectivity index (χ1v) is 6.81. The summed E-state index contributed by atoms with van der Waals surface area (Å²) in [5.41, 5.74) is 0.594. The molecule has 0 fully saturated rings. The van der Waals surface area contributed by atoms with Crippen LogP contribution in [0.3, 0.4) is 0 Å². The summed E-state index contributed by atoms with van der Waals surface area (Å²) in [5.74, 6) is -0.671. The zero-order valence-corrected chi connectivity index (χ0v) is 12.2. The number of nitrogens with zero attached hydrogens (tertiary/aromatic N) is 1. The van der Waals surface area contributed by atoms with Gasteiger partial charge in [-0.15, -0.1) is 0 Å². The van der Waals surface area contributed by atoms with Crippen molar-refractivity contribution in [3.63, 3.8) is 0 Å². The Morgan fingerprint density at radius 3 is 2.81 bits per heavy atom. The molecule has 1 aromatic carbocycles. The number of hydrogen-bond donors (Lipinski definition) is 2. The third-order valence-corrected chi connectivity index (χ3v) is 2.80. The SMILES string of the molecule is CCCOc1cc(NCC(C)CC(=O)O)ccc1[N+](=O)[O-]. The van der Waals surface area contributed by atoms with E-state index in [2.05, 4.69) is 5.32 Å². The maximum Gasteiger partial charge on any atom is 0.311 e. The van der Waals surface area contributed by atoms with Crippen molar-refractivity contribution in [2.75, 3.05) is 18.5 Å². The number of anilines is 1. The van der Waals surface area contributed by atoms with E-state index in [-0.39, 0.29) is 23.8 Å². The fourth-order valence-corrected chi connectivity index (χ4v) is 1.76. The fraction of sp³-hybridized carbons (Fsp3) is 0.500. The van der Waals surface area contributed by atoms with Crippen LogP contribution in [-0.4, -0.2) is 29.2 Å². The van der Waals surface area contributed by atoms with Gasteiger partial charge in [-0.2, -0.15) is 0 Å². The van der Waals surface area contributed by atoms with Gasteiger partial charge in [0.2, 0.25) is 0 Å². The van der Waals surface area contributed by atoms with Crippen LogP contribution in [0.25, 0.3) is 0 Å². The molecule has 0 saturated heterocycles. The van der Waals surface area contributed by atoms with Crippen LogP contribution < -0.4 is 10.1 Å². The third-order valence-electron chi connectivity index (χ3n) is 2.80. The zero-order valence-electron chi connectivity index (χ0n) is 12.2. The van der Waals surface area contributed by atoms with Crippen molar-refractivity contribution in [3.05, 3.63) is 28.3 Å². The molecule has 0 spiro atoms. The van der Waals surface area contributed by atoms with Gasteiger partial charge in [0.1, 0.15) is 0 Å². The lowest BCUT2D eigenvalue weighted by Crippen LogP contribution is -2.15. The smallest absolute Gasteiger partial charge is 0.311 e. The first kappa shape index (κ1) is 16.7. The van der Waals surface area contributed by atoms with Crippen LogP contribution in [0.5, 0.6) is 5.75 Å². The molecule has 1 aromatic rings. The number of nitro groups is 1. The molecular weight excluding hydrogens is 276 g/mol. The molecule has 0 bridgehead atoms. The number of nitro benzene ring substituents is 1. The average Bonchev–Trinajstić information content (AvgIpc) is 2.42. The predicted molar refractivity (Wildman–Crippen MR) is 78.8 cm³/mol. The molecule has 7 heteroatoms. The van der Waals surface area contributed by atoms with Crippen LogP contribution >= 0.6 is 0 Å². The Morgan fingerprint density at radius 2 is 2.24 bits per heavy atom. The molecular formula is C14H20N2O5. The fourth-order valence-electron chi connectivity index (χ4n) is 1.76. The van der Waals surface area contributed by atoms with Gasteiger partial charge in [-0.25, -0.2) is 0 Å². The van der Waals surface area contributed by atoms with Gasteiger partial charge in [0.15, 0.2) is 5.75 Å². The molecule has 2 N–H and O–H groups in total. The average molecular weight is 296 g/mol. The van der Waals surface area contributed by atoms with Crippen molar-refractivity contribution in [2.24, 2.45) is 5.92 Å². The Bertz CT molecular complexity index is 504. The molecule has 0 aliphatic carbocycles. The van der Waals surface area contributed by atoms with E-state index in [9.17, 15) is 14.9 Å². The second-order valence-electron chi connectivity index (χ2n) is 4.87. The molecule has 7 nitrogen and oxygen atoms in total. The number of carbonyl (C=O) groups is 1. The Kier molecular flexibility index (Phi) is 6.45. The van der Waals surface area contributed by atoms with Gasteiger partial charge in [-0.3, -0.25) is 14.9 Å². The quantitative estimate of drug-likeness (QED) is 0.536. The topological polar surface area (TPSA) is 102 Å². The predicted octanol–water partition coefficient (Wildman–Crippen LogP) is 2.91. The van der Waals surface area contributed by atoms with Crippen molar-refractivity contribution in [1.29, 1.82) is 0 Å². The number of ether oxygens (including phenoxy) is 1. The summed E-state index contributed by atoms with van der Waals surface area (Å²) in [5, 5.41) is 22.7. The summed E-state index contributed by atoms with van der Waals surface area (Å²) < 4.78 is 5.38. The number of aliphatic carboxylic acids is 1. The van der Waals surface area contributed by atoms with E-state index in [0.29, 0.717) is 18.8 Å². The van der Waals surface area contributed by atoms with Crippen molar-refractivity contribution in [3.8, 4) is 5.75 Å². The van der Waals surface area contributed by atoms with Gasteiger partial charge in [0.05, 0.1) is 11.5 Å². The lowest BCUT2D eigenvalue weighted by molar-refractivity contribution is -0.385. The highest BCUT2D eigenvalue weighted by Gasteiger charge is 2.16. The molecule has 1 unspecified atom stereocenters. The standard InChI is InChI=1S/C14H20N2O5/c1-3-6-21-13-8-11(4-5-12(13)16(19)20)15-9-10(2)7-14(17)18/h4-5,8,10,15H,3,6-7,9H2,1-2H3,(H,17,18). The van der Waals surface area contributed by atoms with Crippen LogP contribution in [0.4, 0.5) is 11.4 Å². The molecule has 0 radical (unpaired) electrons. The highest BCUT2D eigenvalue weighted by Crippen LogP contribution is 2.30. The minimum absolute atomic E-state index is 0.0438. The Balaban J connectivity index is 2.75. The van der Waals surface area contributed by atoms with Gasteiger partial charge < -0.3 is 15.2 Å². The molecule has 0 aromatic heterocycles. The van der Waals surface area contributed by atoms with Crippen molar-refractivity contribution in [2.45, 2.75) is 26.7 Å². The maximum absolute atomic E-state index is 10.9. The molecule has 116 valence electrons. The summed E-state index contributed by atoms with van der Waals surface area (Å²) in [6, 6.07) is 4.54. The highest BCUT2D eigenvalue weighted by atomic mass is 16.6. The minimum Gasteiger partial charge on any atom is -0.487 e. The first-order valence-electron chi connectivity index (χ1n) is 6.81. The molecule has 21 heavy (non-hydrogen) atoms. The van der Waals surface area contributed by atoms with Crippen LogP contribution in [-0.2, 0) is 4.79 Å². The third kappa shape index (κ3) is 5.68. The second kappa shape index (κ2) is 8.08. The Hall–Kier alpha value is -2.31. The molecule has 1 rings (SSSR count). The van der Waals surface area contributed by atoms with E-state index < -0.39 is 10.9 Å². The van der Waals surface area contributed by atoms with Crippen molar-refractivity contribution < 1.29 is 19.6 Å². The van der Waals surface area contributed by atoms with Gasteiger partial charge >= 0.3 is 11.7 Å². The van der Waals surface area contributed by atoms with Crippen LogP contribution in [0.2, 0.25) is 0 Å². The van der Waals surface area contributed by atoms with E-state index in [1.54, 1.807) is 12.1 Å². The number of carboxylic acid groups (broad SMARTS) is 1. The number of rotatable bonds is 9. The molecule has 0 saturated carbocycles. The lowest BCUT2D eigenvalue weighted by atomic mass is 10.1. The Morgan fingerprint density at radius 1 is 1.52 bits per heavy atom. The van der Waals surface area contributed by atoms with Gasteiger partial charge in [0.25, 0.3) is 0 Å². The molecule has 0 aliphatic rings. The second-order valence-corrected chi connectivity index (χ2v) is 4.87. The number of benzene rings is 1. The first-order chi connectivity index (χ1) is 9.93. The highest BCUT2D eigenvalue weighted by molar-refractivity contribution is 5.67. The van der Waals surface area contributed by atoms with Gasteiger partial charge in [0, 0.05) is 30.8 Å². The molecule has 0 heterocycles. The van der Waals surface area contributed by atoms with Gasteiger partial charge in [-0.1, -0.05) is 13.8 Å². The van der Waals surface area contributed by atoms with E-state index in [4.69, 9.17) is 9.84 Å². The molecule has 0 aliphatic heterocycles. The molecule has 1 atom stereocenters. The van der Waals surface area contributed by atoms with E-state index in [1.165, 1.54) is 6.07 Å². The van der Waals surface area contributed by atoms with Crippen molar-refractivity contribution in [1.82, 2.24) is 0 Å². The van der Waals surface area contributed by atoms with Crippen molar-refractivity contribution >= 4 is 17.3 Å². The summed E-state index contributed by atoms with van der Waals surface area (Å²) in [6.07, 6.45) is 0.823. The number of hydrogen-bond acceptors (Lipinski definition) is 5. The normalized spacial score (nSPS) is 11.7. The summed E-state index contributed by atoms with van der Waals surface area (Å²) in [6.45, 7) is 4.61. The zero-order chi connectivity index (χ0) is 15.8. The monoisotopic (exact) mass is 296 g/mol. The number of carboxylic acids is 1. The summed E-state index contributed by atoms with van der Waals surface area (Å²) in [4.78, 5) is 21.0. The summed E-state index contributed by atoms with van der Waals surface area (Å²) in [7, 11) is 0. The maximum atomic E-state index is 10.9. The minimum atomic E-state index is -0.847. The largest absolute Gasteiger partial charge is 0.487 e. The van der Waals surface area contributed by atoms with E-state index in [1.807, 2.05) is 13.8 Å². The number of nitrogens with one attached hydrogen (secondary N) is 1. The summed E-state index contributed by atoms with van der Waals surface area (Å²) >= 11 is 0. The van der Waals surface area contributed by atoms with Gasteiger partial charge in [-0.05, 0) is 18.4 Å². The van der Waals surface area contributed by atoms with Crippen LogP contribution in [0, 0.1) is 16.0 Å². The van der Waals surface area contributed by atoms with E-state index >= 15 is 0 Å². The van der Waals surface area contributed by atoms with E-state index in [0.717, 1.165) is 6.42 Å². The lowest BCUT2D eigenvalue weighted by Gasteiger charge is -2.13. The van der Waals surface area contributed by atoms with Crippen LogP contribution in [0.1, 0.15) is 26.7 Å². The van der Waals surface area contributed by atoms with Crippen LogP contribution in [0.15, 0.2) is 18.2 Å². The molecule has 0 amide bonds. The Labute approximate surface area is 123 Å².